The molecule has 2 saturated carbocycles. The number of carboxylic acid groups (broad SMARTS) is 1. The number of aliphatic hydroxyl groups excluding tert-OH is 1. The van der Waals surface area contributed by atoms with Crippen LogP contribution in [0, 0.1) is 24.7 Å². The lowest BCUT2D eigenvalue weighted by molar-refractivity contribution is -0.140. The third-order valence-corrected chi connectivity index (χ3v) is 5.68. The molecule has 5 atom stereocenters. The summed E-state index contributed by atoms with van der Waals surface area (Å²) < 4.78 is 29.6. The average molecular weight is 312 g/mol. The fraction of sp³-hybridized carbons (Fsp3) is 0.500. The molecule has 4 unspecified atom stereocenters. The van der Waals surface area contributed by atoms with Gasteiger partial charge in [0.1, 0.15) is 0 Å². The van der Waals surface area contributed by atoms with Crippen LogP contribution in [0.25, 0.3) is 0 Å². The van der Waals surface area contributed by atoms with Gasteiger partial charge in [-0.1, -0.05) is 17.7 Å². The maximum absolute atomic E-state index is 12.2. The Hall–Kier alpha value is -1.44. The van der Waals surface area contributed by atoms with E-state index >= 15 is 0 Å². The molecule has 7 heteroatoms. The standard InChI is InChI=1S/C14H16O6S/c1-7-2-4-8(5-3-7)21(18,19)20-10-6-9(15)11-12(10)13(11)14(16)17/h2-5,9-13,15H,6H2,1H3,(H,16,17)/t9?,10?,11?,12?,13-/m1/s1. The Balaban J connectivity index is 1.77. The van der Waals surface area contributed by atoms with Gasteiger partial charge in [0.2, 0.25) is 0 Å². The van der Waals surface area contributed by atoms with Crippen molar-refractivity contribution in [2.75, 3.05) is 0 Å². The van der Waals surface area contributed by atoms with Crippen molar-refractivity contribution in [2.24, 2.45) is 17.8 Å². The first-order chi connectivity index (χ1) is 9.81. The van der Waals surface area contributed by atoms with Gasteiger partial charge in [-0.05, 0) is 19.1 Å². The van der Waals surface area contributed by atoms with Crippen LogP contribution in [-0.2, 0) is 19.1 Å². The molecule has 1 aromatic rings. The van der Waals surface area contributed by atoms with Crippen molar-refractivity contribution in [1.29, 1.82) is 0 Å². The highest BCUT2D eigenvalue weighted by Gasteiger charge is 2.67. The SMILES string of the molecule is Cc1ccc(S(=O)(=O)OC2CC(O)C3C2[C@@H]3C(=O)O)cc1. The lowest BCUT2D eigenvalue weighted by Gasteiger charge is -2.16. The number of hydrogen-bond donors (Lipinski definition) is 2. The average Bonchev–Trinajstić information content (AvgIpc) is 3.06. The van der Waals surface area contributed by atoms with Crippen molar-refractivity contribution < 1.29 is 27.6 Å². The highest BCUT2D eigenvalue weighted by molar-refractivity contribution is 7.86. The normalized spacial score (nSPS) is 34.5. The van der Waals surface area contributed by atoms with Gasteiger partial charge in [-0.25, -0.2) is 0 Å². The molecule has 0 radical (unpaired) electrons. The van der Waals surface area contributed by atoms with Gasteiger partial charge in [0.25, 0.3) is 10.1 Å². The number of benzene rings is 1. The lowest BCUT2D eigenvalue weighted by Crippen LogP contribution is -2.25. The Kier molecular flexibility index (Phi) is 3.31. The minimum Gasteiger partial charge on any atom is -0.481 e. The molecule has 0 aromatic heterocycles. The molecule has 2 N–H and O–H groups in total. The largest absolute Gasteiger partial charge is 0.481 e. The highest BCUT2D eigenvalue weighted by atomic mass is 32.2. The third-order valence-electron chi connectivity index (χ3n) is 4.33. The quantitative estimate of drug-likeness (QED) is 0.797. The monoisotopic (exact) mass is 312 g/mol. The van der Waals surface area contributed by atoms with E-state index in [-0.39, 0.29) is 17.2 Å². The Morgan fingerprint density at radius 3 is 2.38 bits per heavy atom. The first-order valence-electron chi connectivity index (χ1n) is 6.72. The summed E-state index contributed by atoms with van der Waals surface area (Å²) in [5.74, 6) is -2.52. The molecule has 2 aliphatic rings. The topological polar surface area (TPSA) is 101 Å². The second-order valence-electron chi connectivity index (χ2n) is 5.72. The van der Waals surface area contributed by atoms with Crippen molar-refractivity contribution in [3.8, 4) is 0 Å². The van der Waals surface area contributed by atoms with E-state index in [9.17, 15) is 18.3 Å². The van der Waals surface area contributed by atoms with Gasteiger partial charge in [-0.2, -0.15) is 8.42 Å². The summed E-state index contributed by atoms with van der Waals surface area (Å²) in [5.41, 5.74) is 0.929. The second kappa shape index (κ2) is 4.79. The molecule has 0 aliphatic heterocycles. The van der Waals surface area contributed by atoms with Gasteiger partial charge < -0.3 is 10.2 Å². The maximum atomic E-state index is 12.2. The molecule has 0 saturated heterocycles. The molecule has 21 heavy (non-hydrogen) atoms. The van der Waals surface area contributed by atoms with E-state index in [2.05, 4.69) is 0 Å². The predicted octanol–water partition coefficient (Wildman–Crippen LogP) is 0.780. The lowest BCUT2D eigenvalue weighted by atomic mass is 10.1. The zero-order valence-electron chi connectivity index (χ0n) is 11.3. The molecule has 114 valence electrons. The molecule has 1 aromatic carbocycles. The molecule has 0 heterocycles. The summed E-state index contributed by atoms with van der Waals surface area (Å²) in [6.45, 7) is 1.84. The van der Waals surface area contributed by atoms with Crippen LogP contribution in [0.1, 0.15) is 12.0 Å². The molecular formula is C14H16O6S. The number of carboxylic acids is 1. The molecule has 6 nitrogen and oxygen atoms in total. The van der Waals surface area contributed by atoms with Crippen LogP contribution in [0.5, 0.6) is 0 Å². The van der Waals surface area contributed by atoms with E-state index < -0.39 is 40.1 Å². The van der Waals surface area contributed by atoms with Gasteiger partial charge in [0.05, 0.1) is 23.0 Å². The van der Waals surface area contributed by atoms with Crippen LogP contribution in [-0.4, -0.2) is 36.8 Å². The Morgan fingerprint density at radius 2 is 1.86 bits per heavy atom. The minimum absolute atomic E-state index is 0.0403. The first-order valence-corrected chi connectivity index (χ1v) is 8.13. The van der Waals surface area contributed by atoms with Gasteiger partial charge in [-0.15, -0.1) is 0 Å². The van der Waals surface area contributed by atoms with Crippen LogP contribution in [0.3, 0.4) is 0 Å². The maximum Gasteiger partial charge on any atom is 0.307 e. The number of aliphatic hydroxyl groups is 1. The summed E-state index contributed by atoms with van der Waals surface area (Å²) >= 11 is 0. The van der Waals surface area contributed by atoms with E-state index in [1.165, 1.54) is 12.1 Å². The fourth-order valence-electron chi connectivity index (χ4n) is 3.24. The highest BCUT2D eigenvalue weighted by Crippen LogP contribution is 2.59. The van der Waals surface area contributed by atoms with Crippen molar-refractivity contribution in [1.82, 2.24) is 0 Å². The third kappa shape index (κ3) is 2.45. The smallest absolute Gasteiger partial charge is 0.307 e. The molecule has 0 spiro atoms. The van der Waals surface area contributed by atoms with E-state index in [1.54, 1.807) is 12.1 Å². The number of aliphatic carboxylic acids is 1. The second-order valence-corrected chi connectivity index (χ2v) is 7.30. The number of carbonyl (C=O) groups is 1. The van der Waals surface area contributed by atoms with Crippen molar-refractivity contribution >= 4 is 16.1 Å². The van der Waals surface area contributed by atoms with Crippen LogP contribution in [0.15, 0.2) is 29.2 Å². The molecular weight excluding hydrogens is 296 g/mol. The summed E-state index contributed by atoms with van der Waals surface area (Å²) in [5, 5.41) is 18.8. The van der Waals surface area contributed by atoms with Crippen molar-refractivity contribution in [3.05, 3.63) is 29.8 Å². The minimum atomic E-state index is -3.94. The molecule has 0 amide bonds. The van der Waals surface area contributed by atoms with Gasteiger partial charge >= 0.3 is 5.97 Å². The molecule has 2 fully saturated rings. The summed E-state index contributed by atoms with van der Waals surface area (Å²) in [7, 11) is -3.94. The van der Waals surface area contributed by atoms with Crippen molar-refractivity contribution in [2.45, 2.75) is 30.4 Å². The molecule has 3 rings (SSSR count). The summed E-state index contributed by atoms with van der Waals surface area (Å²) in [6, 6.07) is 6.24. The van der Waals surface area contributed by atoms with E-state index in [0.717, 1.165) is 5.56 Å². The molecule has 0 bridgehead atoms. The van der Waals surface area contributed by atoms with Crippen LogP contribution in [0.4, 0.5) is 0 Å². The zero-order valence-corrected chi connectivity index (χ0v) is 12.2. The number of fused-ring (bicyclic) bond motifs is 1. The van der Waals surface area contributed by atoms with Crippen LogP contribution >= 0.6 is 0 Å². The Bertz CT molecular complexity index is 665. The van der Waals surface area contributed by atoms with Gasteiger partial charge in [0.15, 0.2) is 0 Å². The van der Waals surface area contributed by atoms with Gasteiger partial charge in [-0.3, -0.25) is 8.98 Å². The number of hydrogen-bond acceptors (Lipinski definition) is 5. The fourth-order valence-corrected chi connectivity index (χ4v) is 4.36. The Morgan fingerprint density at radius 1 is 1.24 bits per heavy atom. The number of aryl methyl sites for hydroxylation is 1. The van der Waals surface area contributed by atoms with E-state index in [0.29, 0.717) is 0 Å². The number of rotatable bonds is 4. The first kappa shape index (κ1) is 14.5. The summed E-state index contributed by atoms with van der Waals surface area (Å²) in [4.78, 5) is 11.1. The molecule has 2 aliphatic carbocycles. The van der Waals surface area contributed by atoms with Gasteiger partial charge in [0, 0.05) is 18.3 Å². The van der Waals surface area contributed by atoms with E-state index in [4.69, 9.17) is 9.29 Å². The van der Waals surface area contributed by atoms with E-state index in [1.807, 2.05) is 6.92 Å². The predicted molar refractivity (Wildman–Crippen MR) is 72.0 cm³/mol. The summed E-state index contributed by atoms with van der Waals surface area (Å²) in [6.07, 6.45) is -1.42. The van der Waals surface area contributed by atoms with Crippen LogP contribution < -0.4 is 0 Å². The Labute approximate surface area is 122 Å². The zero-order chi connectivity index (χ0) is 15.4. The van der Waals surface area contributed by atoms with Crippen molar-refractivity contribution in [3.63, 3.8) is 0 Å². The van der Waals surface area contributed by atoms with Crippen LogP contribution in [0.2, 0.25) is 0 Å².